The SMILES string of the molecule is Cc1nc(NCCCOC(C)C)c2cc(C)[nH]c2n1. The summed E-state index contributed by atoms with van der Waals surface area (Å²) < 4.78 is 5.52. The molecule has 0 radical (unpaired) electrons. The molecule has 0 unspecified atom stereocenters. The Balaban J connectivity index is 1.99. The second kappa shape index (κ2) is 6.02. The van der Waals surface area contributed by atoms with E-state index in [-0.39, 0.29) is 0 Å². The highest BCUT2D eigenvalue weighted by Gasteiger charge is 2.07. The summed E-state index contributed by atoms with van der Waals surface area (Å²) in [7, 11) is 0. The zero-order chi connectivity index (χ0) is 13.8. The number of ether oxygens (including phenoxy) is 1. The van der Waals surface area contributed by atoms with Crippen LogP contribution in [-0.2, 0) is 4.74 Å². The highest BCUT2D eigenvalue weighted by atomic mass is 16.5. The third kappa shape index (κ3) is 3.67. The highest BCUT2D eigenvalue weighted by molar-refractivity contribution is 5.87. The van der Waals surface area contributed by atoms with Crippen LogP contribution in [0.4, 0.5) is 5.82 Å². The van der Waals surface area contributed by atoms with Crippen molar-refractivity contribution in [1.29, 1.82) is 0 Å². The number of aromatic nitrogens is 3. The number of hydrogen-bond donors (Lipinski definition) is 2. The van der Waals surface area contributed by atoms with Gasteiger partial charge in [-0.05, 0) is 40.2 Å². The van der Waals surface area contributed by atoms with Gasteiger partial charge in [0.05, 0.1) is 11.5 Å². The molecule has 5 nitrogen and oxygen atoms in total. The van der Waals surface area contributed by atoms with E-state index in [9.17, 15) is 0 Å². The molecule has 104 valence electrons. The van der Waals surface area contributed by atoms with Gasteiger partial charge in [-0.25, -0.2) is 9.97 Å². The molecule has 0 aliphatic heterocycles. The van der Waals surface area contributed by atoms with E-state index >= 15 is 0 Å². The molecular formula is C14H22N4O. The molecule has 0 aromatic carbocycles. The van der Waals surface area contributed by atoms with Crippen LogP contribution in [0.5, 0.6) is 0 Å². The van der Waals surface area contributed by atoms with Gasteiger partial charge in [0.15, 0.2) is 0 Å². The predicted molar refractivity (Wildman–Crippen MR) is 77.6 cm³/mol. The monoisotopic (exact) mass is 262 g/mol. The molecule has 2 N–H and O–H groups in total. The number of aryl methyl sites for hydroxylation is 2. The van der Waals surface area contributed by atoms with Crippen LogP contribution in [0.25, 0.3) is 11.0 Å². The lowest BCUT2D eigenvalue weighted by Crippen LogP contribution is -2.10. The minimum Gasteiger partial charge on any atom is -0.379 e. The van der Waals surface area contributed by atoms with Gasteiger partial charge in [0.2, 0.25) is 0 Å². The van der Waals surface area contributed by atoms with Crippen LogP contribution < -0.4 is 5.32 Å². The summed E-state index contributed by atoms with van der Waals surface area (Å²) in [5.41, 5.74) is 1.99. The predicted octanol–water partition coefficient (Wildman–Crippen LogP) is 2.80. The molecule has 0 spiro atoms. The molecule has 0 amide bonds. The van der Waals surface area contributed by atoms with E-state index in [1.54, 1.807) is 0 Å². The van der Waals surface area contributed by atoms with Gasteiger partial charge < -0.3 is 15.0 Å². The number of nitrogens with one attached hydrogen (secondary N) is 2. The van der Waals surface area contributed by atoms with Gasteiger partial charge in [0.25, 0.3) is 0 Å². The lowest BCUT2D eigenvalue weighted by atomic mass is 10.3. The van der Waals surface area contributed by atoms with Gasteiger partial charge in [-0.2, -0.15) is 0 Å². The second-order valence-corrected chi connectivity index (χ2v) is 5.03. The molecule has 2 aromatic heterocycles. The third-order valence-electron chi connectivity index (χ3n) is 2.80. The van der Waals surface area contributed by atoms with Gasteiger partial charge in [-0.15, -0.1) is 0 Å². The van der Waals surface area contributed by atoms with Gasteiger partial charge in [-0.1, -0.05) is 0 Å². The summed E-state index contributed by atoms with van der Waals surface area (Å²) >= 11 is 0. The Hall–Kier alpha value is -1.62. The molecule has 2 heterocycles. The smallest absolute Gasteiger partial charge is 0.143 e. The van der Waals surface area contributed by atoms with Crippen LogP contribution in [0.2, 0.25) is 0 Å². The Morgan fingerprint density at radius 1 is 1.32 bits per heavy atom. The normalized spacial score (nSPS) is 11.4. The minimum atomic E-state index is 0.292. The van der Waals surface area contributed by atoms with E-state index in [4.69, 9.17) is 4.74 Å². The maximum absolute atomic E-state index is 5.52. The van der Waals surface area contributed by atoms with E-state index in [0.717, 1.165) is 47.9 Å². The Morgan fingerprint density at radius 3 is 2.84 bits per heavy atom. The Bertz CT molecular complexity index is 548. The Labute approximate surface area is 113 Å². The number of anilines is 1. The minimum absolute atomic E-state index is 0.292. The van der Waals surface area contributed by atoms with Crippen LogP contribution >= 0.6 is 0 Å². The standard InChI is InChI=1S/C14H22N4O/c1-9(2)19-7-5-6-15-13-12-8-10(3)16-14(12)18-11(4)17-13/h8-9H,5-7H2,1-4H3,(H2,15,16,17,18). The van der Waals surface area contributed by atoms with Crippen molar-refractivity contribution in [3.63, 3.8) is 0 Å². The fourth-order valence-corrected chi connectivity index (χ4v) is 1.99. The molecule has 0 saturated carbocycles. The molecule has 0 fully saturated rings. The quantitative estimate of drug-likeness (QED) is 0.786. The van der Waals surface area contributed by atoms with Gasteiger partial charge in [0, 0.05) is 18.8 Å². The molecule has 0 aliphatic carbocycles. The fourth-order valence-electron chi connectivity index (χ4n) is 1.99. The second-order valence-electron chi connectivity index (χ2n) is 5.03. The number of H-pyrrole nitrogens is 1. The van der Waals surface area contributed by atoms with Crippen molar-refractivity contribution in [2.75, 3.05) is 18.5 Å². The summed E-state index contributed by atoms with van der Waals surface area (Å²) in [6, 6.07) is 2.07. The first-order valence-electron chi connectivity index (χ1n) is 6.75. The Kier molecular flexibility index (Phi) is 4.37. The molecule has 5 heteroatoms. The van der Waals surface area contributed by atoms with E-state index in [1.807, 2.05) is 27.7 Å². The van der Waals surface area contributed by atoms with Crippen LogP contribution in [0.1, 0.15) is 31.8 Å². The summed E-state index contributed by atoms with van der Waals surface area (Å²) in [5, 5.41) is 4.41. The molecule has 2 aromatic rings. The Morgan fingerprint density at radius 2 is 2.11 bits per heavy atom. The first-order chi connectivity index (χ1) is 9.06. The zero-order valence-corrected chi connectivity index (χ0v) is 12.1. The number of fused-ring (bicyclic) bond motifs is 1. The van der Waals surface area contributed by atoms with Crippen molar-refractivity contribution in [1.82, 2.24) is 15.0 Å². The van der Waals surface area contributed by atoms with Crippen molar-refractivity contribution in [2.45, 2.75) is 40.2 Å². The molecule has 0 aliphatic rings. The van der Waals surface area contributed by atoms with Crippen molar-refractivity contribution >= 4 is 16.9 Å². The lowest BCUT2D eigenvalue weighted by Gasteiger charge is -2.09. The summed E-state index contributed by atoms with van der Waals surface area (Å²) in [4.78, 5) is 12.1. The molecular weight excluding hydrogens is 240 g/mol. The lowest BCUT2D eigenvalue weighted by molar-refractivity contribution is 0.0787. The highest BCUT2D eigenvalue weighted by Crippen LogP contribution is 2.20. The average molecular weight is 262 g/mol. The number of nitrogens with zero attached hydrogens (tertiary/aromatic N) is 2. The molecule has 2 rings (SSSR count). The van der Waals surface area contributed by atoms with E-state index < -0.39 is 0 Å². The summed E-state index contributed by atoms with van der Waals surface area (Å²) in [5.74, 6) is 1.67. The van der Waals surface area contributed by atoms with E-state index in [1.165, 1.54) is 0 Å². The van der Waals surface area contributed by atoms with Crippen molar-refractivity contribution in [2.24, 2.45) is 0 Å². The first-order valence-corrected chi connectivity index (χ1v) is 6.75. The van der Waals surface area contributed by atoms with Crippen molar-refractivity contribution in [3.05, 3.63) is 17.6 Å². The summed E-state index contributed by atoms with van der Waals surface area (Å²) in [6.45, 7) is 9.65. The fraction of sp³-hybridized carbons (Fsp3) is 0.571. The first kappa shape index (κ1) is 13.8. The van der Waals surface area contributed by atoms with Gasteiger partial charge >= 0.3 is 0 Å². The van der Waals surface area contributed by atoms with E-state index in [2.05, 4.69) is 26.3 Å². The van der Waals surface area contributed by atoms with Crippen LogP contribution in [0.15, 0.2) is 6.07 Å². The number of hydrogen-bond acceptors (Lipinski definition) is 4. The maximum Gasteiger partial charge on any atom is 0.143 e. The van der Waals surface area contributed by atoms with Gasteiger partial charge in [0.1, 0.15) is 17.3 Å². The van der Waals surface area contributed by atoms with E-state index in [0.29, 0.717) is 6.10 Å². The molecule has 0 saturated heterocycles. The third-order valence-corrected chi connectivity index (χ3v) is 2.80. The molecule has 0 atom stereocenters. The largest absolute Gasteiger partial charge is 0.379 e. The van der Waals surface area contributed by atoms with Crippen LogP contribution in [-0.4, -0.2) is 34.2 Å². The average Bonchev–Trinajstić information content (AvgIpc) is 2.68. The topological polar surface area (TPSA) is 62.8 Å². The number of aromatic amines is 1. The number of rotatable bonds is 6. The van der Waals surface area contributed by atoms with Crippen molar-refractivity contribution in [3.8, 4) is 0 Å². The van der Waals surface area contributed by atoms with Gasteiger partial charge in [-0.3, -0.25) is 0 Å². The molecule has 19 heavy (non-hydrogen) atoms. The zero-order valence-electron chi connectivity index (χ0n) is 12.1. The molecule has 0 bridgehead atoms. The summed E-state index contributed by atoms with van der Waals surface area (Å²) in [6.07, 6.45) is 1.26. The van der Waals surface area contributed by atoms with Crippen molar-refractivity contribution < 1.29 is 4.74 Å². The van der Waals surface area contributed by atoms with Crippen LogP contribution in [0.3, 0.4) is 0 Å². The van der Waals surface area contributed by atoms with Crippen LogP contribution in [0, 0.1) is 13.8 Å². The maximum atomic E-state index is 5.52.